The van der Waals surface area contributed by atoms with E-state index in [-0.39, 0.29) is 18.3 Å². The molecule has 0 heterocycles. The monoisotopic (exact) mass is 271 g/mol. The average molecular weight is 272 g/mol. The van der Waals surface area contributed by atoms with Crippen LogP contribution >= 0.6 is 24.0 Å². The Hall–Kier alpha value is -0.150. The number of amides is 1. The third kappa shape index (κ3) is 10.4. The zero-order valence-electron chi connectivity index (χ0n) is 10.0. The van der Waals surface area contributed by atoms with Gasteiger partial charge in [-0.05, 0) is 12.3 Å². The van der Waals surface area contributed by atoms with Gasteiger partial charge in [-0.3, -0.25) is 0 Å². The summed E-state index contributed by atoms with van der Waals surface area (Å²) in [6.45, 7) is 4.17. The number of carboxylic acid groups (broad SMARTS) is 1. The Balaban J connectivity index is 0. The van der Waals surface area contributed by atoms with Crippen LogP contribution in [-0.2, 0) is 0 Å². The van der Waals surface area contributed by atoms with Gasteiger partial charge in [0.25, 0.3) is 0 Å². The lowest BCUT2D eigenvalue weighted by Crippen LogP contribution is -2.34. The molecule has 0 saturated carbocycles. The van der Waals surface area contributed by atoms with Gasteiger partial charge in [0.15, 0.2) is 0 Å². The minimum Gasteiger partial charge on any atom is -0.465 e. The molecule has 0 bridgehead atoms. The highest BCUT2D eigenvalue weighted by Gasteiger charge is 2.15. The Bertz CT molecular complexity index is 179. The molecule has 3 nitrogen and oxygen atoms in total. The van der Waals surface area contributed by atoms with E-state index in [1.165, 1.54) is 25.7 Å². The van der Waals surface area contributed by atoms with Gasteiger partial charge in [0, 0.05) is 0 Å². The van der Waals surface area contributed by atoms with Crippen LogP contribution in [0.5, 0.6) is 0 Å². The molecule has 0 aliphatic rings. The van der Waals surface area contributed by atoms with E-state index in [0.29, 0.717) is 0 Å². The van der Waals surface area contributed by atoms with Gasteiger partial charge in [-0.1, -0.05) is 57.6 Å². The van der Waals surface area contributed by atoms with Crippen molar-refractivity contribution in [2.24, 2.45) is 5.92 Å². The molecule has 2 atom stereocenters. The van der Waals surface area contributed by atoms with E-state index in [2.05, 4.69) is 12.2 Å². The molecule has 0 aromatic heterocycles. The van der Waals surface area contributed by atoms with Crippen molar-refractivity contribution in [2.45, 2.75) is 57.9 Å². The lowest BCUT2D eigenvalue weighted by molar-refractivity contribution is 0.190. The normalized spacial score (nSPS) is 13.7. The fourth-order valence-corrected chi connectivity index (χ4v) is 1.70. The number of hydrogen-bond acceptors (Lipinski definition) is 1. The molecule has 0 radical (unpaired) electrons. The number of halogens is 2. The SMILES string of the molecule is CCCCCCCC(C)C(Cl)NC(=O)O.Cl. The van der Waals surface area contributed by atoms with Gasteiger partial charge in [-0.15, -0.1) is 12.4 Å². The summed E-state index contributed by atoms with van der Waals surface area (Å²) < 4.78 is 0. The van der Waals surface area contributed by atoms with Crippen LogP contribution in [0.2, 0.25) is 0 Å². The molecule has 16 heavy (non-hydrogen) atoms. The van der Waals surface area contributed by atoms with E-state index in [1.54, 1.807) is 0 Å². The Kier molecular flexibility index (Phi) is 12.9. The van der Waals surface area contributed by atoms with Gasteiger partial charge < -0.3 is 10.4 Å². The van der Waals surface area contributed by atoms with E-state index < -0.39 is 11.6 Å². The van der Waals surface area contributed by atoms with Crippen LogP contribution in [0.25, 0.3) is 0 Å². The van der Waals surface area contributed by atoms with Gasteiger partial charge in [0.05, 0.1) is 0 Å². The zero-order valence-corrected chi connectivity index (χ0v) is 11.6. The Morgan fingerprint density at radius 3 is 2.38 bits per heavy atom. The summed E-state index contributed by atoms with van der Waals surface area (Å²) in [5.41, 5.74) is -0.464. The average Bonchev–Trinajstić information content (AvgIpc) is 2.16. The van der Waals surface area contributed by atoms with E-state index in [9.17, 15) is 4.79 Å². The van der Waals surface area contributed by atoms with Gasteiger partial charge in [-0.25, -0.2) is 4.79 Å². The quantitative estimate of drug-likeness (QED) is 0.394. The fourth-order valence-electron chi connectivity index (χ4n) is 1.48. The van der Waals surface area contributed by atoms with Crippen molar-refractivity contribution in [2.75, 3.05) is 0 Å². The molecule has 0 rings (SSSR count). The maximum atomic E-state index is 10.3. The fraction of sp³-hybridized carbons (Fsp3) is 0.909. The highest BCUT2D eigenvalue weighted by Crippen LogP contribution is 2.16. The number of alkyl halides is 1. The van der Waals surface area contributed by atoms with Gasteiger partial charge in [0.2, 0.25) is 0 Å². The molecule has 5 heteroatoms. The van der Waals surface area contributed by atoms with Crippen molar-refractivity contribution in [1.29, 1.82) is 0 Å². The molecule has 0 aromatic carbocycles. The van der Waals surface area contributed by atoms with E-state index in [0.717, 1.165) is 12.8 Å². The van der Waals surface area contributed by atoms with E-state index >= 15 is 0 Å². The van der Waals surface area contributed by atoms with Crippen LogP contribution in [0.3, 0.4) is 0 Å². The van der Waals surface area contributed by atoms with E-state index in [1.807, 2.05) is 6.92 Å². The number of unbranched alkanes of at least 4 members (excludes halogenated alkanes) is 4. The van der Waals surface area contributed by atoms with Crippen molar-refractivity contribution in [3.05, 3.63) is 0 Å². The van der Waals surface area contributed by atoms with Crippen LogP contribution in [0.1, 0.15) is 52.4 Å². The number of rotatable bonds is 8. The first kappa shape index (κ1) is 18.2. The smallest absolute Gasteiger partial charge is 0.405 e. The first-order valence-corrected chi connectivity index (χ1v) is 6.15. The lowest BCUT2D eigenvalue weighted by atomic mass is 10.0. The maximum absolute atomic E-state index is 10.3. The molecule has 2 N–H and O–H groups in total. The Labute approximate surface area is 109 Å². The van der Waals surface area contributed by atoms with Crippen LogP contribution in [0, 0.1) is 5.92 Å². The highest BCUT2D eigenvalue weighted by molar-refractivity contribution is 6.21. The Morgan fingerprint density at radius 2 is 1.88 bits per heavy atom. The van der Waals surface area contributed by atoms with Crippen LogP contribution in [-0.4, -0.2) is 16.7 Å². The molecule has 0 fully saturated rings. The summed E-state index contributed by atoms with van der Waals surface area (Å²) in [6.07, 6.45) is 6.08. The zero-order chi connectivity index (χ0) is 11.7. The molecule has 2 unspecified atom stereocenters. The van der Waals surface area contributed by atoms with Crippen LogP contribution in [0.15, 0.2) is 0 Å². The molecular weight excluding hydrogens is 249 g/mol. The third-order valence-electron chi connectivity index (χ3n) is 2.52. The number of carbonyl (C=O) groups is 1. The summed E-state index contributed by atoms with van der Waals surface area (Å²) in [7, 11) is 0. The van der Waals surface area contributed by atoms with Crippen molar-refractivity contribution >= 4 is 30.1 Å². The minimum absolute atomic E-state index is 0. The summed E-state index contributed by atoms with van der Waals surface area (Å²) in [5, 5.41) is 10.8. The first-order chi connectivity index (χ1) is 7.07. The predicted octanol–water partition coefficient (Wildman–Crippen LogP) is 4.24. The minimum atomic E-state index is -1.05. The van der Waals surface area contributed by atoms with Gasteiger partial charge in [-0.2, -0.15) is 0 Å². The summed E-state index contributed by atoms with van der Waals surface area (Å²) in [6, 6.07) is 0. The second-order valence-electron chi connectivity index (χ2n) is 4.03. The molecule has 0 aliphatic heterocycles. The predicted molar refractivity (Wildman–Crippen MR) is 70.6 cm³/mol. The second kappa shape index (κ2) is 11.3. The molecule has 0 spiro atoms. The summed E-state index contributed by atoms with van der Waals surface area (Å²) in [5.74, 6) is 0.199. The molecule has 98 valence electrons. The van der Waals surface area contributed by atoms with Crippen LogP contribution in [0.4, 0.5) is 4.79 Å². The van der Waals surface area contributed by atoms with Crippen molar-refractivity contribution in [3.63, 3.8) is 0 Å². The van der Waals surface area contributed by atoms with E-state index in [4.69, 9.17) is 16.7 Å². The molecule has 1 amide bonds. The van der Waals surface area contributed by atoms with Crippen molar-refractivity contribution in [1.82, 2.24) is 5.32 Å². The van der Waals surface area contributed by atoms with Crippen molar-refractivity contribution in [3.8, 4) is 0 Å². The largest absolute Gasteiger partial charge is 0.465 e. The Morgan fingerprint density at radius 1 is 1.31 bits per heavy atom. The van der Waals surface area contributed by atoms with Gasteiger partial charge >= 0.3 is 6.09 Å². The third-order valence-corrected chi connectivity index (χ3v) is 3.06. The highest BCUT2D eigenvalue weighted by atomic mass is 35.5. The molecule has 0 saturated heterocycles. The molecule has 0 aliphatic carbocycles. The second-order valence-corrected chi connectivity index (χ2v) is 4.50. The summed E-state index contributed by atoms with van der Waals surface area (Å²) >= 11 is 5.87. The van der Waals surface area contributed by atoms with Crippen molar-refractivity contribution < 1.29 is 9.90 Å². The van der Waals surface area contributed by atoms with Gasteiger partial charge in [0.1, 0.15) is 5.50 Å². The lowest BCUT2D eigenvalue weighted by Gasteiger charge is -2.17. The number of hydrogen-bond donors (Lipinski definition) is 2. The molecule has 0 aromatic rings. The summed E-state index contributed by atoms with van der Waals surface area (Å²) in [4.78, 5) is 10.3. The molecular formula is C11H23Cl2NO2. The van der Waals surface area contributed by atoms with Crippen LogP contribution < -0.4 is 5.32 Å². The number of nitrogens with one attached hydrogen (secondary N) is 1. The standard InChI is InChI=1S/C11H22ClNO2.ClH/c1-3-4-5-6-7-8-9(2)10(12)13-11(14)15;/h9-10,13H,3-8H2,1-2H3,(H,14,15);1H. The maximum Gasteiger partial charge on any atom is 0.405 e. The first-order valence-electron chi connectivity index (χ1n) is 5.71. The topological polar surface area (TPSA) is 49.3 Å².